The number of fused-ring (bicyclic) bond motifs is 5. The summed E-state index contributed by atoms with van der Waals surface area (Å²) in [5.41, 5.74) is 0. The van der Waals surface area contributed by atoms with Gasteiger partial charge in [0.05, 0.1) is 0 Å². The van der Waals surface area contributed by atoms with Gasteiger partial charge in [-0.15, -0.1) is 0 Å². The molecule has 0 bridgehead atoms. The van der Waals surface area contributed by atoms with Gasteiger partial charge in [0.15, 0.2) is 0 Å². The van der Waals surface area contributed by atoms with E-state index in [0.717, 1.165) is 0 Å². The maximum atomic E-state index is 2.21. The van der Waals surface area contributed by atoms with Crippen molar-refractivity contribution in [3.05, 3.63) is 146 Å². The fourth-order valence-electron chi connectivity index (χ4n) is 3.56. The Hall–Kier alpha value is -3.90. The Kier molecular flexibility index (Phi) is 6.50. The highest BCUT2D eigenvalue weighted by molar-refractivity contribution is 6.13. The highest BCUT2D eigenvalue weighted by atomic mass is 14.0. The van der Waals surface area contributed by atoms with E-state index in [1.807, 2.05) is 36.4 Å². The summed E-state index contributed by atoms with van der Waals surface area (Å²) in [5.74, 6) is 0. The second kappa shape index (κ2) is 10.0. The molecule has 0 spiro atoms. The summed E-state index contributed by atoms with van der Waals surface area (Å²) in [5, 5.41) is 7.35. The molecule has 4 aromatic carbocycles. The third-order valence-corrected chi connectivity index (χ3v) is 4.98. The quantitative estimate of drug-likeness (QED) is 0.285. The lowest BCUT2D eigenvalue weighted by Gasteiger charge is -2.02. The van der Waals surface area contributed by atoms with Crippen molar-refractivity contribution in [1.82, 2.24) is 0 Å². The molecule has 0 aliphatic rings. The highest BCUT2D eigenvalue weighted by Gasteiger charge is 1.99. The van der Waals surface area contributed by atoms with E-state index >= 15 is 0 Å². The average Bonchev–Trinajstić information content (AvgIpc) is 2.80. The first-order valence-electron chi connectivity index (χ1n) is 10.2. The molecule has 0 saturated carbocycles. The molecule has 0 aliphatic carbocycles. The Morgan fingerprint density at radius 3 is 0.800 bits per heavy atom. The molecular weight excluding hydrogens is 360 g/mol. The molecule has 0 heterocycles. The molecule has 0 saturated heterocycles. The second-order valence-corrected chi connectivity index (χ2v) is 6.98. The van der Waals surface area contributed by atoms with Crippen molar-refractivity contribution in [2.24, 2.45) is 0 Å². The Balaban J connectivity index is 2.19. The molecule has 30 heavy (non-hydrogen) atoms. The lowest BCUT2D eigenvalue weighted by molar-refractivity contribution is 1.74. The second-order valence-electron chi connectivity index (χ2n) is 6.98. The van der Waals surface area contributed by atoms with Gasteiger partial charge in [0.25, 0.3) is 0 Å². The van der Waals surface area contributed by atoms with Crippen molar-refractivity contribution in [1.29, 1.82) is 0 Å². The molecule has 0 amide bonds. The highest BCUT2D eigenvalue weighted by Crippen LogP contribution is 2.26. The summed E-state index contributed by atoms with van der Waals surface area (Å²) in [7, 11) is 0. The lowest BCUT2D eigenvalue weighted by Crippen LogP contribution is -1.75. The lowest BCUT2D eigenvalue weighted by atomic mass is 10.0. The predicted octanol–water partition coefficient (Wildman–Crippen LogP) is 8.52. The standard InChI is InChI=1S/C30H24/c1-2-4-6-8-10-18-26-20-12-14-22-28(26)30-24-16-15-23-29(30)27-21-13-11-19-25(27)17-9-7-5-3-1/h1-24H. The van der Waals surface area contributed by atoms with Crippen molar-refractivity contribution >= 4 is 32.3 Å². The van der Waals surface area contributed by atoms with Crippen LogP contribution in [0.2, 0.25) is 0 Å². The van der Waals surface area contributed by atoms with Crippen molar-refractivity contribution in [3.63, 3.8) is 0 Å². The molecule has 0 unspecified atom stereocenters. The SMILES string of the molecule is c1ccccccc2ccccc2c2ccccc2c2ccccc2ccccc1. The van der Waals surface area contributed by atoms with Crippen LogP contribution in [0.25, 0.3) is 32.3 Å². The van der Waals surface area contributed by atoms with Crippen LogP contribution >= 0.6 is 0 Å². The zero-order valence-electron chi connectivity index (χ0n) is 16.9. The van der Waals surface area contributed by atoms with Crippen LogP contribution in [-0.2, 0) is 0 Å². The fourth-order valence-corrected chi connectivity index (χ4v) is 3.56. The Bertz CT molecular complexity index is 1240. The van der Waals surface area contributed by atoms with Crippen LogP contribution in [0.4, 0.5) is 0 Å². The van der Waals surface area contributed by atoms with Gasteiger partial charge in [-0.1, -0.05) is 146 Å². The Morgan fingerprint density at radius 2 is 0.433 bits per heavy atom. The summed E-state index contributed by atoms with van der Waals surface area (Å²) in [6.45, 7) is 0. The van der Waals surface area contributed by atoms with Gasteiger partial charge in [-0.2, -0.15) is 0 Å². The minimum Gasteiger partial charge on any atom is -0.0623 e. The number of benzene rings is 3. The van der Waals surface area contributed by atoms with E-state index < -0.39 is 0 Å². The summed E-state index contributed by atoms with van der Waals surface area (Å²) in [4.78, 5) is 0. The summed E-state index contributed by atoms with van der Waals surface area (Å²) in [6, 6.07) is 50.7. The topological polar surface area (TPSA) is 0 Å². The van der Waals surface area contributed by atoms with Crippen molar-refractivity contribution in [3.8, 4) is 0 Å². The summed E-state index contributed by atoms with van der Waals surface area (Å²) in [6.07, 6.45) is 0. The third-order valence-electron chi connectivity index (χ3n) is 4.98. The zero-order chi connectivity index (χ0) is 20.4. The van der Waals surface area contributed by atoms with Crippen molar-refractivity contribution < 1.29 is 0 Å². The van der Waals surface area contributed by atoms with Crippen LogP contribution in [0.5, 0.6) is 0 Å². The van der Waals surface area contributed by atoms with E-state index in [9.17, 15) is 0 Å². The number of hydrogen-bond donors (Lipinski definition) is 0. The maximum Gasteiger partial charge on any atom is -0.00992 e. The summed E-state index contributed by atoms with van der Waals surface area (Å²) >= 11 is 0. The van der Waals surface area contributed by atoms with Crippen LogP contribution in [0.3, 0.4) is 0 Å². The molecule has 0 heteroatoms. The normalized spacial score (nSPS) is 10.0. The average molecular weight is 385 g/mol. The first-order chi connectivity index (χ1) is 14.9. The van der Waals surface area contributed by atoms with Gasteiger partial charge in [-0.3, -0.25) is 0 Å². The predicted molar refractivity (Wildman–Crippen MR) is 132 cm³/mol. The van der Waals surface area contributed by atoms with Gasteiger partial charge in [-0.05, 0) is 32.3 Å². The number of hydrogen-bond acceptors (Lipinski definition) is 0. The van der Waals surface area contributed by atoms with Crippen LogP contribution < -0.4 is 0 Å². The zero-order valence-corrected chi connectivity index (χ0v) is 16.9. The largest absolute Gasteiger partial charge is 0.0623 e. The molecular formula is C30H24. The first-order valence-corrected chi connectivity index (χ1v) is 10.2. The van der Waals surface area contributed by atoms with Gasteiger partial charge in [0, 0.05) is 0 Å². The third kappa shape index (κ3) is 4.74. The van der Waals surface area contributed by atoms with E-state index in [1.165, 1.54) is 32.3 Å². The van der Waals surface area contributed by atoms with Gasteiger partial charge < -0.3 is 0 Å². The molecule has 0 N–H and O–H groups in total. The smallest absolute Gasteiger partial charge is 0.00992 e. The monoisotopic (exact) mass is 384 g/mol. The molecule has 144 valence electrons. The molecule has 0 atom stereocenters. The van der Waals surface area contributed by atoms with E-state index in [2.05, 4.69) is 109 Å². The Morgan fingerprint density at radius 1 is 0.200 bits per heavy atom. The van der Waals surface area contributed by atoms with Crippen LogP contribution in [-0.4, -0.2) is 0 Å². The Labute approximate surface area is 178 Å². The van der Waals surface area contributed by atoms with Gasteiger partial charge in [0.1, 0.15) is 0 Å². The molecule has 0 fully saturated rings. The van der Waals surface area contributed by atoms with E-state index in [0.29, 0.717) is 0 Å². The first kappa shape index (κ1) is 19.4. The van der Waals surface area contributed by atoms with Crippen LogP contribution in [0, 0.1) is 0 Å². The van der Waals surface area contributed by atoms with Gasteiger partial charge in [0.2, 0.25) is 0 Å². The minimum absolute atomic E-state index is 1.20. The molecule has 0 radical (unpaired) electrons. The van der Waals surface area contributed by atoms with E-state index in [4.69, 9.17) is 0 Å². The molecule has 4 aromatic rings. The van der Waals surface area contributed by atoms with Crippen LogP contribution in [0.1, 0.15) is 0 Å². The minimum atomic E-state index is 1.20. The molecule has 0 aliphatic heterocycles. The van der Waals surface area contributed by atoms with E-state index in [1.54, 1.807) is 0 Å². The van der Waals surface area contributed by atoms with E-state index in [-0.39, 0.29) is 0 Å². The molecule has 0 aromatic heterocycles. The van der Waals surface area contributed by atoms with Crippen LogP contribution in [0.15, 0.2) is 146 Å². The number of rotatable bonds is 0. The molecule has 0 nitrogen and oxygen atoms in total. The van der Waals surface area contributed by atoms with Crippen molar-refractivity contribution in [2.45, 2.75) is 0 Å². The summed E-state index contributed by atoms with van der Waals surface area (Å²) < 4.78 is 0. The molecule has 4 rings (SSSR count). The maximum absolute atomic E-state index is 2.21. The fraction of sp³-hybridized carbons (Fsp3) is 0. The van der Waals surface area contributed by atoms with Crippen molar-refractivity contribution in [2.75, 3.05) is 0 Å². The van der Waals surface area contributed by atoms with Gasteiger partial charge >= 0.3 is 0 Å². The van der Waals surface area contributed by atoms with Gasteiger partial charge in [-0.25, -0.2) is 0 Å².